The van der Waals surface area contributed by atoms with Gasteiger partial charge in [0.1, 0.15) is 5.65 Å². The van der Waals surface area contributed by atoms with Crippen molar-refractivity contribution in [2.45, 2.75) is 96.1 Å². The number of fused-ring (bicyclic) bond motifs is 3. The van der Waals surface area contributed by atoms with Crippen LogP contribution in [0, 0.1) is 5.92 Å². The van der Waals surface area contributed by atoms with E-state index < -0.39 is 6.43 Å². The number of piperidine rings is 2. The van der Waals surface area contributed by atoms with Crippen LogP contribution in [0.2, 0.25) is 0 Å². The lowest BCUT2D eigenvalue weighted by Crippen LogP contribution is -2.49. The Morgan fingerprint density at radius 1 is 0.866 bits per heavy atom. The number of nitrogens with zero attached hydrogens (tertiary/aromatic N) is 9. The topological polar surface area (TPSA) is 124 Å². The number of carbonyl (C=O) groups is 3. The molecule has 4 amide bonds. The number of ether oxygens (including phenoxy) is 1. The summed E-state index contributed by atoms with van der Waals surface area (Å²) < 4.78 is 41.2. The molecule has 4 fully saturated rings. The van der Waals surface area contributed by atoms with Gasteiger partial charge in [-0.25, -0.2) is 18.6 Å². The fourth-order valence-electron chi connectivity index (χ4n) is 11.8. The number of anilines is 4. The third kappa shape index (κ3) is 8.55. The number of hydrogen-bond acceptors (Lipinski definition) is 9. The van der Waals surface area contributed by atoms with Crippen LogP contribution in [0.4, 0.5) is 36.5 Å². The van der Waals surface area contributed by atoms with Crippen LogP contribution < -0.4 is 20.0 Å². The van der Waals surface area contributed by atoms with Gasteiger partial charge in [-0.3, -0.25) is 24.5 Å². The van der Waals surface area contributed by atoms with Crippen LogP contribution in [-0.2, 0) is 33.7 Å². The molecular weight excluding hydrogens is 855 g/mol. The first-order valence-electron chi connectivity index (χ1n) is 24.5. The number of benzene rings is 2. The van der Waals surface area contributed by atoms with Crippen molar-refractivity contribution in [3.05, 3.63) is 89.0 Å². The number of hydrogen-bond donors (Lipinski definition) is 1. The second kappa shape index (κ2) is 18.3. The lowest BCUT2D eigenvalue weighted by molar-refractivity contribution is -0.129. The molecule has 352 valence electrons. The number of amides is 4. The molecule has 0 unspecified atom stereocenters. The molecular formula is C51H60F2N10O4. The van der Waals surface area contributed by atoms with Gasteiger partial charge >= 0.3 is 6.03 Å². The van der Waals surface area contributed by atoms with Crippen molar-refractivity contribution < 1.29 is 27.9 Å². The lowest BCUT2D eigenvalue weighted by Gasteiger charge is -2.39. The van der Waals surface area contributed by atoms with Gasteiger partial charge in [-0.1, -0.05) is 12.1 Å². The number of pyridine rings is 1. The van der Waals surface area contributed by atoms with Crippen molar-refractivity contribution in [3.8, 4) is 11.1 Å². The molecule has 4 saturated heterocycles. The van der Waals surface area contributed by atoms with Gasteiger partial charge in [0.2, 0.25) is 11.8 Å². The standard InChI is InChI=1S/C51H60F2N10O4/c1-33(64)59-21-11-44-43(31-59)50(56-63(44)38-13-24-67-25-14-38)62-16-3-5-37-27-40(42(49(52)53)28-45(37)62)41-29-47-54-15-23-60(47)32-46(41)58-19-7-34(8-20-58)30-57-17-9-35(10-18-57)36-4-2-6-39(26-36)61-22-12-48(65)55-51(61)66/h2,4,6,15,23,26-29,32,34-35,38,49H,3,5,7-14,16-22,24-25,30-31H2,1H3,(H,55,65,66). The molecule has 5 aromatic rings. The van der Waals surface area contributed by atoms with Gasteiger partial charge in [0.15, 0.2) is 5.82 Å². The number of aromatic nitrogens is 4. The fraction of sp³-hybridized carbons (Fsp3) is 0.510. The highest BCUT2D eigenvalue weighted by molar-refractivity contribution is 6.05. The minimum atomic E-state index is -2.71. The van der Waals surface area contributed by atoms with Crippen molar-refractivity contribution >= 4 is 46.4 Å². The Bertz CT molecular complexity index is 2680. The number of halogens is 2. The molecule has 0 saturated carbocycles. The van der Waals surface area contributed by atoms with Crippen molar-refractivity contribution in [1.29, 1.82) is 0 Å². The third-order valence-corrected chi connectivity index (χ3v) is 15.5. The molecule has 3 aromatic heterocycles. The lowest BCUT2D eigenvalue weighted by atomic mass is 9.87. The van der Waals surface area contributed by atoms with Gasteiger partial charge in [-0.15, -0.1) is 0 Å². The van der Waals surface area contributed by atoms with Crippen molar-refractivity contribution in [3.63, 3.8) is 0 Å². The normalized spacial score (nSPS) is 20.5. The van der Waals surface area contributed by atoms with Gasteiger partial charge in [0, 0.05) is 125 Å². The van der Waals surface area contributed by atoms with Gasteiger partial charge in [-0.05, 0) is 123 Å². The molecule has 0 spiro atoms. The number of carbonyl (C=O) groups excluding carboxylic acids is 3. The number of nitrogens with one attached hydrogen (secondary N) is 1. The van der Waals surface area contributed by atoms with E-state index in [0.717, 1.165) is 135 Å². The summed E-state index contributed by atoms with van der Waals surface area (Å²) in [4.78, 5) is 52.2. The number of aryl methyl sites for hydroxylation is 1. The predicted octanol–water partition coefficient (Wildman–Crippen LogP) is 8.02. The van der Waals surface area contributed by atoms with Crippen LogP contribution >= 0.6 is 0 Å². The maximum absolute atomic E-state index is 15.7. The second-order valence-electron chi connectivity index (χ2n) is 19.5. The fourth-order valence-corrected chi connectivity index (χ4v) is 11.8. The van der Waals surface area contributed by atoms with E-state index in [1.165, 1.54) is 5.56 Å². The molecule has 16 heteroatoms. The molecule has 0 atom stereocenters. The first-order chi connectivity index (χ1) is 32.6. The molecule has 0 aliphatic carbocycles. The second-order valence-corrected chi connectivity index (χ2v) is 19.5. The van der Waals surface area contributed by atoms with Crippen LogP contribution in [0.1, 0.15) is 105 Å². The van der Waals surface area contributed by atoms with Crippen LogP contribution in [0.5, 0.6) is 0 Å². The van der Waals surface area contributed by atoms with Gasteiger partial charge < -0.3 is 28.7 Å². The zero-order valence-corrected chi connectivity index (χ0v) is 38.3. The monoisotopic (exact) mass is 914 g/mol. The largest absolute Gasteiger partial charge is 0.381 e. The number of imidazole rings is 1. The molecule has 6 aliphatic rings. The maximum Gasteiger partial charge on any atom is 0.328 e. The van der Waals surface area contributed by atoms with E-state index in [2.05, 4.69) is 48.0 Å². The number of likely N-dealkylation sites (tertiary alicyclic amines) is 1. The highest BCUT2D eigenvalue weighted by Crippen LogP contribution is 2.46. The SMILES string of the molecule is CC(=O)N1CCc2c(c(N3CCCc4cc(-c5cc6nccn6cc5N5CCC(CN6CCC(c7cccc(N8CCC(=O)NC8=O)c7)CC6)CC5)c(C(F)F)cc43)nn2C2CCOCC2)C1. The summed E-state index contributed by atoms with van der Waals surface area (Å²) in [6.45, 7) is 9.84. The number of imide groups is 1. The van der Waals surface area contributed by atoms with E-state index >= 15 is 8.78 Å². The van der Waals surface area contributed by atoms with Crippen molar-refractivity contribution in [2.24, 2.45) is 5.92 Å². The molecule has 67 heavy (non-hydrogen) atoms. The zero-order chi connectivity index (χ0) is 45.8. The molecule has 6 aliphatic heterocycles. The number of alkyl halides is 2. The quantitative estimate of drug-likeness (QED) is 0.157. The van der Waals surface area contributed by atoms with E-state index in [1.807, 2.05) is 39.8 Å². The first-order valence-corrected chi connectivity index (χ1v) is 24.5. The average molecular weight is 915 g/mol. The molecule has 14 nitrogen and oxygen atoms in total. The van der Waals surface area contributed by atoms with Crippen molar-refractivity contribution in [1.82, 2.24) is 34.3 Å². The third-order valence-electron chi connectivity index (χ3n) is 15.5. The van der Waals surface area contributed by atoms with E-state index in [-0.39, 0.29) is 29.5 Å². The molecule has 11 rings (SSSR count). The Kier molecular flexibility index (Phi) is 11.9. The summed E-state index contributed by atoms with van der Waals surface area (Å²) in [5, 5.41) is 7.72. The van der Waals surface area contributed by atoms with Crippen molar-refractivity contribution in [2.75, 3.05) is 80.3 Å². The molecule has 0 radical (unpaired) electrons. The smallest absolute Gasteiger partial charge is 0.328 e. The zero-order valence-electron chi connectivity index (χ0n) is 38.3. The van der Waals surface area contributed by atoms with Gasteiger partial charge in [0.25, 0.3) is 6.43 Å². The average Bonchev–Trinajstić information content (AvgIpc) is 3.98. The van der Waals surface area contributed by atoms with Crippen LogP contribution in [0.25, 0.3) is 16.8 Å². The van der Waals surface area contributed by atoms with E-state index in [9.17, 15) is 14.4 Å². The Morgan fingerprint density at radius 3 is 2.46 bits per heavy atom. The summed E-state index contributed by atoms with van der Waals surface area (Å²) >= 11 is 0. The van der Waals surface area contributed by atoms with Gasteiger partial charge in [-0.2, -0.15) is 5.10 Å². The molecule has 2 aromatic carbocycles. The van der Waals surface area contributed by atoms with Crippen LogP contribution in [0.3, 0.4) is 0 Å². The molecule has 9 heterocycles. The summed E-state index contributed by atoms with van der Waals surface area (Å²) in [6, 6.07) is 13.8. The molecule has 0 bridgehead atoms. The van der Waals surface area contributed by atoms with E-state index in [1.54, 1.807) is 24.1 Å². The first kappa shape index (κ1) is 43.7. The minimum Gasteiger partial charge on any atom is -0.381 e. The summed E-state index contributed by atoms with van der Waals surface area (Å²) in [5.74, 6) is 1.53. The Morgan fingerprint density at radius 2 is 1.69 bits per heavy atom. The number of urea groups is 1. The van der Waals surface area contributed by atoms with E-state index in [0.29, 0.717) is 69.6 Å². The summed E-state index contributed by atoms with van der Waals surface area (Å²) in [5.41, 5.74) is 9.06. The Balaban J connectivity index is 0.818. The highest BCUT2D eigenvalue weighted by atomic mass is 19.3. The van der Waals surface area contributed by atoms with E-state index in [4.69, 9.17) is 9.84 Å². The molecule has 1 N–H and O–H groups in total. The van der Waals surface area contributed by atoms with Crippen LogP contribution in [0.15, 0.2) is 61.1 Å². The van der Waals surface area contributed by atoms with Gasteiger partial charge in [0.05, 0.1) is 18.3 Å². The minimum absolute atomic E-state index is 0.00407. The Hall–Kier alpha value is -5.87. The number of rotatable bonds is 9. The van der Waals surface area contributed by atoms with Crippen LogP contribution in [-0.4, -0.2) is 112 Å². The Labute approximate surface area is 389 Å². The highest BCUT2D eigenvalue weighted by Gasteiger charge is 2.35. The summed E-state index contributed by atoms with van der Waals surface area (Å²) in [7, 11) is 0. The predicted molar refractivity (Wildman–Crippen MR) is 252 cm³/mol. The summed E-state index contributed by atoms with van der Waals surface area (Å²) in [6.07, 6.45) is 11.5. The maximum atomic E-state index is 15.7.